The van der Waals surface area contributed by atoms with E-state index in [1.54, 1.807) is 0 Å². The molecule has 2 nitrogen and oxygen atoms in total. The molecule has 0 aliphatic rings. The summed E-state index contributed by atoms with van der Waals surface area (Å²) >= 11 is 0. The van der Waals surface area contributed by atoms with Gasteiger partial charge in [0.25, 0.3) is 0 Å². The smallest absolute Gasteiger partial charge is 0.0218 e. The molecule has 0 saturated heterocycles. The summed E-state index contributed by atoms with van der Waals surface area (Å²) in [4.78, 5) is 2.53. The van der Waals surface area contributed by atoms with Crippen molar-refractivity contribution in [2.45, 2.75) is 79.4 Å². The van der Waals surface area contributed by atoms with Gasteiger partial charge in [-0.2, -0.15) is 0 Å². The van der Waals surface area contributed by atoms with Gasteiger partial charge in [-0.25, -0.2) is 0 Å². The Labute approximate surface area is 109 Å². The maximum absolute atomic E-state index is 3.62. The molecule has 0 aromatic rings. The van der Waals surface area contributed by atoms with Crippen LogP contribution < -0.4 is 5.32 Å². The van der Waals surface area contributed by atoms with Crippen LogP contribution in [0.4, 0.5) is 0 Å². The predicted octanol–water partition coefficient (Wildman–Crippen LogP) is 3.52. The van der Waals surface area contributed by atoms with E-state index < -0.39 is 0 Å². The summed E-state index contributed by atoms with van der Waals surface area (Å²) in [5, 5.41) is 3.62. The minimum absolute atomic E-state index is 0.208. The highest BCUT2D eigenvalue weighted by molar-refractivity contribution is 4.84. The summed E-state index contributed by atoms with van der Waals surface area (Å²) in [6.07, 6.45) is 1.19. The fourth-order valence-corrected chi connectivity index (χ4v) is 1.93. The summed E-state index contributed by atoms with van der Waals surface area (Å²) < 4.78 is 0. The van der Waals surface area contributed by atoms with Gasteiger partial charge >= 0.3 is 0 Å². The molecule has 2 heteroatoms. The second-order valence-corrected chi connectivity index (χ2v) is 7.40. The van der Waals surface area contributed by atoms with Crippen LogP contribution >= 0.6 is 0 Å². The van der Waals surface area contributed by atoms with Crippen molar-refractivity contribution in [3.8, 4) is 0 Å². The molecule has 2 atom stereocenters. The predicted molar refractivity (Wildman–Crippen MR) is 78.5 cm³/mol. The summed E-state index contributed by atoms with van der Waals surface area (Å²) in [6, 6.07) is 1.21. The van der Waals surface area contributed by atoms with E-state index in [0.29, 0.717) is 17.5 Å². The summed E-state index contributed by atoms with van der Waals surface area (Å²) in [5.74, 6) is 0. The quantitative estimate of drug-likeness (QED) is 0.793. The fraction of sp³-hybridized carbons (Fsp3) is 1.00. The van der Waals surface area contributed by atoms with E-state index in [1.807, 2.05) is 0 Å². The van der Waals surface area contributed by atoms with Gasteiger partial charge in [0.05, 0.1) is 0 Å². The average Bonchev–Trinajstić information content (AvgIpc) is 2.14. The van der Waals surface area contributed by atoms with E-state index in [4.69, 9.17) is 0 Å². The van der Waals surface area contributed by atoms with Crippen molar-refractivity contribution in [2.24, 2.45) is 5.41 Å². The molecule has 0 amide bonds. The SMILES string of the molecule is CCC(CNC(C)(C)C)N(C)C(C)C(C)(C)C. The highest BCUT2D eigenvalue weighted by Gasteiger charge is 2.28. The zero-order valence-electron chi connectivity index (χ0n) is 13.5. The first-order valence-electron chi connectivity index (χ1n) is 6.96. The lowest BCUT2D eigenvalue weighted by atomic mass is 9.86. The van der Waals surface area contributed by atoms with Crippen molar-refractivity contribution in [3.05, 3.63) is 0 Å². The number of rotatable bonds is 5. The Balaban J connectivity index is 4.46. The maximum atomic E-state index is 3.62. The topological polar surface area (TPSA) is 15.3 Å². The molecule has 2 unspecified atom stereocenters. The van der Waals surface area contributed by atoms with Crippen molar-refractivity contribution in [2.75, 3.05) is 13.6 Å². The molecular weight excluding hydrogens is 208 g/mol. The lowest BCUT2D eigenvalue weighted by Gasteiger charge is -2.41. The number of likely N-dealkylation sites (N-methyl/N-ethyl adjacent to an activating group) is 1. The van der Waals surface area contributed by atoms with Gasteiger partial charge in [0.1, 0.15) is 0 Å². The third-order valence-electron chi connectivity index (χ3n) is 3.78. The van der Waals surface area contributed by atoms with Gasteiger partial charge in [0.2, 0.25) is 0 Å². The van der Waals surface area contributed by atoms with Gasteiger partial charge in [0.15, 0.2) is 0 Å². The molecule has 0 aliphatic heterocycles. The molecule has 0 fully saturated rings. The molecule has 0 saturated carbocycles. The summed E-state index contributed by atoms with van der Waals surface area (Å²) in [7, 11) is 2.26. The lowest BCUT2D eigenvalue weighted by molar-refractivity contribution is 0.0908. The normalized spacial score (nSPS) is 17.3. The third-order valence-corrected chi connectivity index (χ3v) is 3.78. The highest BCUT2D eigenvalue weighted by atomic mass is 15.2. The van der Waals surface area contributed by atoms with Crippen molar-refractivity contribution in [1.29, 1.82) is 0 Å². The van der Waals surface area contributed by atoms with Crippen LogP contribution in [-0.4, -0.2) is 36.1 Å². The van der Waals surface area contributed by atoms with Crippen LogP contribution in [0.15, 0.2) is 0 Å². The van der Waals surface area contributed by atoms with E-state index in [-0.39, 0.29) is 5.54 Å². The molecule has 0 bridgehead atoms. The number of hydrogen-bond donors (Lipinski definition) is 1. The largest absolute Gasteiger partial charge is 0.311 e. The Morgan fingerprint density at radius 3 is 1.82 bits per heavy atom. The first kappa shape index (κ1) is 16.9. The first-order chi connectivity index (χ1) is 7.49. The minimum atomic E-state index is 0.208. The van der Waals surface area contributed by atoms with Crippen molar-refractivity contribution < 1.29 is 0 Å². The van der Waals surface area contributed by atoms with E-state index >= 15 is 0 Å². The lowest BCUT2D eigenvalue weighted by Crippen LogP contribution is -2.51. The Morgan fingerprint density at radius 1 is 1.06 bits per heavy atom. The van der Waals surface area contributed by atoms with Gasteiger partial charge in [-0.15, -0.1) is 0 Å². The molecule has 0 rings (SSSR count). The zero-order chi connectivity index (χ0) is 13.9. The summed E-state index contributed by atoms with van der Waals surface area (Å²) in [6.45, 7) is 19.3. The van der Waals surface area contributed by atoms with Gasteiger partial charge in [-0.3, -0.25) is 4.90 Å². The number of nitrogens with zero attached hydrogens (tertiary/aromatic N) is 1. The van der Waals surface area contributed by atoms with Crippen molar-refractivity contribution in [3.63, 3.8) is 0 Å². The van der Waals surface area contributed by atoms with E-state index in [2.05, 4.69) is 72.7 Å². The Bertz CT molecular complexity index is 210. The second kappa shape index (κ2) is 6.19. The number of hydrogen-bond acceptors (Lipinski definition) is 2. The number of nitrogens with one attached hydrogen (secondary N) is 1. The minimum Gasteiger partial charge on any atom is -0.311 e. The highest BCUT2D eigenvalue weighted by Crippen LogP contribution is 2.25. The monoisotopic (exact) mass is 242 g/mol. The van der Waals surface area contributed by atoms with Crippen LogP contribution in [0.2, 0.25) is 0 Å². The van der Waals surface area contributed by atoms with Crippen LogP contribution in [0.1, 0.15) is 61.8 Å². The molecule has 1 N–H and O–H groups in total. The van der Waals surface area contributed by atoms with Gasteiger partial charge in [-0.05, 0) is 46.6 Å². The van der Waals surface area contributed by atoms with E-state index in [1.165, 1.54) is 6.42 Å². The van der Waals surface area contributed by atoms with Crippen molar-refractivity contribution >= 4 is 0 Å². The second-order valence-electron chi connectivity index (χ2n) is 7.40. The Morgan fingerprint density at radius 2 is 1.53 bits per heavy atom. The molecule has 104 valence electrons. The first-order valence-corrected chi connectivity index (χ1v) is 6.96. The molecule has 17 heavy (non-hydrogen) atoms. The Kier molecular flexibility index (Phi) is 6.16. The molecule has 0 heterocycles. The maximum Gasteiger partial charge on any atom is 0.0218 e. The van der Waals surface area contributed by atoms with Crippen molar-refractivity contribution in [1.82, 2.24) is 10.2 Å². The van der Waals surface area contributed by atoms with Gasteiger partial charge in [-0.1, -0.05) is 27.7 Å². The average molecular weight is 242 g/mol. The third kappa shape index (κ3) is 6.42. The van der Waals surface area contributed by atoms with Crippen LogP contribution in [0.25, 0.3) is 0 Å². The molecule has 0 spiro atoms. The van der Waals surface area contributed by atoms with Crippen LogP contribution in [-0.2, 0) is 0 Å². The van der Waals surface area contributed by atoms with Crippen LogP contribution in [0, 0.1) is 5.41 Å². The van der Waals surface area contributed by atoms with Crippen LogP contribution in [0.5, 0.6) is 0 Å². The molecule has 0 aromatic heterocycles. The molecule has 0 radical (unpaired) electrons. The molecule has 0 aliphatic carbocycles. The Hall–Kier alpha value is -0.0800. The van der Waals surface area contributed by atoms with E-state index in [0.717, 1.165) is 6.54 Å². The van der Waals surface area contributed by atoms with Crippen LogP contribution in [0.3, 0.4) is 0 Å². The molecule has 0 aromatic carbocycles. The zero-order valence-corrected chi connectivity index (χ0v) is 13.5. The standard InChI is InChI=1S/C15H34N2/c1-10-13(11-16-15(6,7)8)17(9)12(2)14(3,4)5/h12-13,16H,10-11H2,1-9H3. The summed E-state index contributed by atoms with van der Waals surface area (Å²) in [5.41, 5.74) is 0.545. The fourth-order valence-electron chi connectivity index (χ4n) is 1.93. The van der Waals surface area contributed by atoms with Gasteiger partial charge < -0.3 is 5.32 Å². The molecular formula is C15H34N2. The van der Waals surface area contributed by atoms with E-state index in [9.17, 15) is 0 Å². The van der Waals surface area contributed by atoms with Gasteiger partial charge in [0, 0.05) is 24.2 Å².